The minimum atomic E-state index is -0.858. The number of rotatable bonds is 3. The van der Waals surface area contributed by atoms with Crippen molar-refractivity contribution < 1.29 is 9.84 Å². The second kappa shape index (κ2) is 5.23. The summed E-state index contributed by atoms with van der Waals surface area (Å²) in [5, 5.41) is 10.2. The van der Waals surface area contributed by atoms with Gasteiger partial charge in [0.25, 0.3) is 0 Å². The standard InChI is InChI=1S/C11H11Br2N5O2/c12-4-1-5(17-9(4)13)10-15-3-7(20-10)8(19)6-2-16-11(14)18-6/h1-2,7-8,17,19H,3H2,(H3,14,16,18)/t7-,8+/m0/s1. The molecule has 0 radical (unpaired) electrons. The molecule has 5 N–H and O–H groups in total. The van der Waals surface area contributed by atoms with Gasteiger partial charge >= 0.3 is 0 Å². The number of H-pyrrole nitrogens is 2. The number of halogens is 2. The average molecular weight is 405 g/mol. The van der Waals surface area contributed by atoms with Crippen LogP contribution in [0, 0.1) is 0 Å². The van der Waals surface area contributed by atoms with Crippen molar-refractivity contribution in [3.8, 4) is 0 Å². The number of nitrogens with two attached hydrogens (primary N) is 1. The van der Waals surface area contributed by atoms with Gasteiger partial charge in [-0.1, -0.05) is 0 Å². The Morgan fingerprint density at radius 3 is 2.85 bits per heavy atom. The summed E-state index contributed by atoms with van der Waals surface area (Å²) in [5.74, 6) is 0.725. The topological polar surface area (TPSA) is 112 Å². The number of aromatic nitrogens is 3. The number of anilines is 1. The smallest absolute Gasteiger partial charge is 0.233 e. The molecule has 0 unspecified atom stereocenters. The van der Waals surface area contributed by atoms with Crippen LogP contribution >= 0.6 is 31.9 Å². The van der Waals surface area contributed by atoms with E-state index in [9.17, 15) is 5.11 Å². The molecule has 0 saturated carbocycles. The Balaban J connectivity index is 1.72. The van der Waals surface area contributed by atoms with Crippen molar-refractivity contribution >= 4 is 43.7 Å². The first-order valence-corrected chi connectivity index (χ1v) is 7.37. The first-order chi connectivity index (χ1) is 9.54. The van der Waals surface area contributed by atoms with Gasteiger partial charge in [-0.15, -0.1) is 0 Å². The quantitative estimate of drug-likeness (QED) is 0.623. The van der Waals surface area contributed by atoms with Crippen LogP contribution in [0.3, 0.4) is 0 Å². The number of imidazole rings is 1. The third-order valence-electron chi connectivity index (χ3n) is 2.92. The molecule has 0 spiro atoms. The van der Waals surface area contributed by atoms with Crippen molar-refractivity contribution in [1.29, 1.82) is 0 Å². The van der Waals surface area contributed by atoms with Gasteiger partial charge in [0.2, 0.25) is 5.90 Å². The molecule has 2 aromatic heterocycles. The Morgan fingerprint density at radius 2 is 2.25 bits per heavy atom. The van der Waals surface area contributed by atoms with Gasteiger partial charge in [0.05, 0.1) is 27.5 Å². The molecule has 1 aliphatic rings. The molecule has 7 nitrogen and oxygen atoms in total. The van der Waals surface area contributed by atoms with Gasteiger partial charge in [0.1, 0.15) is 11.8 Å². The molecule has 0 bridgehead atoms. The molecule has 1 aliphatic heterocycles. The first kappa shape index (κ1) is 13.7. The maximum atomic E-state index is 10.2. The Bertz CT molecular complexity index is 646. The van der Waals surface area contributed by atoms with E-state index in [0.717, 1.165) is 14.8 Å². The number of nitrogens with zero attached hydrogens (tertiary/aromatic N) is 2. The van der Waals surface area contributed by atoms with Gasteiger partial charge in [-0.25, -0.2) is 9.98 Å². The maximum Gasteiger partial charge on any atom is 0.233 e. The van der Waals surface area contributed by atoms with Crippen LogP contribution in [0.15, 0.2) is 26.3 Å². The zero-order valence-corrected chi connectivity index (χ0v) is 13.3. The minimum Gasteiger partial charge on any atom is -0.468 e. The second-order valence-electron chi connectivity index (χ2n) is 4.32. The predicted molar refractivity (Wildman–Crippen MR) is 80.4 cm³/mol. The number of aliphatic hydroxyl groups is 1. The maximum absolute atomic E-state index is 10.2. The molecule has 0 saturated heterocycles. The van der Waals surface area contributed by atoms with E-state index in [2.05, 4.69) is 51.8 Å². The average Bonchev–Trinajstić information content (AvgIpc) is 3.10. The van der Waals surface area contributed by atoms with Crippen LogP contribution < -0.4 is 5.73 Å². The van der Waals surface area contributed by atoms with Crippen LogP contribution in [-0.4, -0.2) is 38.6 Å². The Labute approximate surface area is 130 Å². The zero-order chi connectivity index (χ0) is 14.3. The molecular weight excluding hydrogens is 394 g/mol. The summed E-state index contributed by atoms with van der Waals surface area (Å²) in [5.41, 5.74) is 6.74. The lowest BCUT2D eigenvalue weighted by Crippen LogP contribution is -2.23. The van der Waals surface area contributed by atoms with Crippen molar-refractivity contribution in [3.63, 3.8) is 0 Å². The third kappa shape index (κ3) is 2.48. The summed E-state index contributed by atoms with van der Waals surface area (Å²) < 4.78 is 7.37. The van der Waals surface area contributed by atoms with Crippen molar-refractivity contribution in [2.24, 2.45) is 4.99 Å². The fraction of sp³-hybridized carbons (Fsp3) is 0.273. The molecule has 3 rings (SSSR count). The molecule has 2 atom stereocenters. The fourth-order valence-electron chi connectivity index (χ4n) is 1.93. The lowest BCUT2D eigenvalue weighted by Gasteiger charge is -2.16. The largest absolute Gasteiger partial charge is 0.468 e. The van der Waals surface area contributed by atoms with E-state index in [1.807, 2.05) is 6.07 Å². The van der Waals surface area contributed by atoms with Gasteiger partial charge in [-0.3, -0.25) is 0 Å². The van der Waals surface area contributed by atoms with E-state index in [1.54, 1.807) is 0 Å². The number of aliphatic hydroxyl groups excluding tert-OH is 1. The summed E-state index contributed by atoms with van der Waals surface area (Å²) >= 11 is 6.74. The van der Waals surface area contributed by atoms with Gasteiger partial charge in [-0.05, 0) is 37.9 Å². The second-order valence-corrected chi connectivity index (χ2v) is 5.96. The minimum absolute atomic E-state index is 0.260. The normalized spacial score (nSPS) is 19.8. The van der Waals surface area contributed by atoms with E-state index in [1.165, 1.54) is 6.20 Å². The lowest BCUT2D eigenvalue weighted by molar-refractivity contribution is 0.0433. The molecule has 20 heavy (non-hydrogen) atoms. The van der Waals surface area contributed by atoms with Gasteiger partial charge in [-0.2, -0.15) is 0 Å². The number of nitrogen functional groups attached to an aromatic ring is 1. The third-order valence-corrected chi connectivity index (χ3v) is 4.70. The molecule has 0 fully saturated rings. The fourth-order valence-corrected chi connectivity index (χ4v) is 2.58. The molecule has 3 heterocycles. The van der Waals surface area contributed by atoms with Crippen molar-refractivity contribution in [1.82, 2.24) is 15.0 Å². The van der Waals surface area contributed by atoms with Crippen LogP contribution in [0.4, 0.5) is 5.95 Å². The van der Waals surface area contributed by atoms with Crippen molar-refractivity contribution in [2.75, 3.05) is 12.3 Å². The highest BCUT2D eigenvalue weighted by atomic mass is 79.9. The number of ether oxygens (including phenoxy) is 1. The Morgan fingerprint density at radius 1 is 1.45 bits per heavy atom. The summed E-state index contributed by atoms with van der Waals surface area (Å²) in [7, 11) is 0. The highest BCUT2D eigenvalue weighted by Gasteiger charge is 2.30. The number of hydrogen-bond acceptors (Lipinski definition) is 5. The number of nitrogens with one attached hydrogen (secondary N) is 2. The zero-order valence-electron chi connectivity index (χ0n) is 10.1. The highest BCUT2D eigenvalue weighted by Crippen LogP contribution is 2.27. The number of hydrogen-bond donors (Lipinski definition) is 4. The van der Waals surface area contributed by atoms with Gasteiger partial charge in [0.15, 0.2) is 12.1 Å². The summed E-state index contributed by atoms with van der Waals surface area (Å²) in [6.45, 7) is 0.365. The van der Waals surface area contributed by atoms with Crippen LogP contribution in [0.5, 0.6) is 0 Å². The summed E-state index contributed by atoms with van der Waals surface area (Å²) in [6, 6.07) is 1.85. The predicted octanol–water partition coefficient (Wildman–Crippen LogP) is 1.72. The number of aliphatic imine (C=N–C) groups is 1. The van der Waals surface area contributed by atoms with E-state index < -0.39 is 12.2 Å². The molecule has 0 aromatic carbocycles. The van der Waals surface area contributed by atoms with E-state index >= 15 is 0 Å². The lowest BCUT2D eigenvalue weighted by atomic mass is 10.1. The summed E-state index contributed by atoms with van der Waals surface area (Å²) in [4.78, 5) is 14.0. The number of aromatic amines is 2. The first-order valence-electron chi connectivity index (χ1n) is 5.78. The van der Waals surface area contributed by atoms with Gasteiger partial charge in [0, 0.05) is 0 Å². The SMILES string of the molecule is Nc1ncc([C@@H](O)[C@@H]2CN=C(c3cc(Br)c(Br)[nH]3)O2)[nH]1. The van der Waals surface area contributed by atoms with E-state index in [-0.39, 0.29) is 5.95 Å². The molecule has 0 amide bonds. The highest BCUT2D eigenvalue weighted by molar-refractivity contribution is 9.13. The Kier molecular flexibility index (Phi) is 3.57. The van der Waals surface area contributed by atoms with Crippen molar-refractivity contribution in [2.45, 2.75) is 12.2 Å². The molecular formula is C11H11Br2N5O2. The monoisotopic (exact) mass is 403 g/mol. The molecule has 2 aromatic rings. The van der Waals surface area contributed by atoms with Crippen molar-refractivity contribution in [3.05, 3.63) is 32.7 Å². The van der Waals surface area contributed by atoms with Crippen LogP contribution in [0.2, 0.25) is 0 Å². The Hall–Kier alpha value is -1.32. The molecule has 0 aliphatic carbocycles. The van der Waals surface area contributed by atoms with E-state index in [0.29, 0.717) is 18.1 Å². The van der Waals surface area contributed by atoms with Crippen LogP contribution in [0.25, 0.3) is 0 Å². The molecule has 9 heteroatoms. The van der Waals surface area contributed by atoms with Gasteiger partial charge < -0.3 is 25.5 Å². The molecule has 106 valence electrons. The van der Waals surface area contributed by atoms with E-state index in [4.69, 9.17) is 10.5 Å². The van der Waals surface area contributed by atoms with Crippen LogP contribution in [-0.2, 0) is 4.74 Å². The van der Waals surface area contributed by atoms with Crippen LogP contribution in [0.1, 0.15) is 17.5 Å². The summed E-state index contributed by atoms with van der Waals surface area (Å²) in [6.07, 6.45) is 0.164.